The number of allylic oxidation sites excluding steroid dienone is 1. The van der Waals surface area contributed by atoms with Crippen molar-refractivity contribution in [2.45, 2.75) is 0 Å². The third-order valence-electron chi connectivity index (χ3n) is 3.30. The Balaban J connectivity index is 1.84. The number of benzene rings is 2. The molecule has 0 saturated heterocycles. The summed E-state index contributed by atoms with van der Waals surface area (Å²) in [7, 11) is 0. The van der Waals surface area contributed by atoms with E-state index in [4.69, 9.17) is 11.6 Å². The summed E-state index contributed by atoms with van der Waals surface area (Å²) in [6.45, 7) is 0. The van der Waals surface area contributed by atoms with Gasteiger partial charge in [0.05, 0.1) is 11.4 Å². The fourth-order valence-electron chi connectivity index (χ4n) is 2.05. The largest absolute Gasteiger partial charge is 0.358 e. The van der Waals surface area contributed by atoms with Crippen LogP contribution in [0, 0.1) is 17.1 Å². The molecule has 0 saturated carbocycles. The third kappa shape index (κ3) is 4.26. The highest BCUT2D eigenvalue weighted by molar-refractivity contribution is 9.10. The third-order valence-corrected chi connectivity index (χ3v) is 4.92. The first kappa shape index (κ1) is 17.6. The minimum absolute atomic E-state index is 0.283. The number of nitrogens with one attached hydrogen (secondary N) is 1. The minimum Gasteiger partial charge on any atom is -0.358 e. The number of hydrogen-bond donors (Lipinski definition) is 1. The van der Waals surface area contributed by atoms with Gasteiger partial charge < -0.3 is 5.32 Å². The lowest BCUT2D eigenvalue weighted by Gasteiger charge is -2.03. The van der Waals surface area contributed by atoms with E-state index in [-0.39, 0.29) is 5.69 Å². The smallest absolute Gasteiger partial charge is 0.147 e. The Hall–Kier alpha value is -2.20. The van der Waals surface area contributed by atoms with Crippen LogP contribution in [-0.4, -0.2) is 4.98 Å². The molecule has 0 spiro atoms. The molecule has 0 fully saturated rings. The van der Waals surface area contributed by atoms with Gasteiger partial charge >= 0.3 is 0 Å². The van der Waals surface area contributed by atoms with Crippen molar-refractivity contribution in [2.24, 2.45) is 0 Å². The molecule has 3 rings (SSSR count). The lowest BCUT2D eigenvalue weighted by Crippen LogP contribution is -1.94. The van der Waals surface area contributed by atoms with Crippen LogP contribution in [0.5, 0.6) is 0 Å². The number of nitriles is 1. The van der Waals surface area contributed by atoms with Crippen LogP contribution in [0.3, 0.4) is 0 Å². The molecule has 124 valence electrons. The van der Waals surface area contributed by atoms with E-state index >= 15 is 0 Å². The van der Waals surface area contributed by atoms with E-state index in [9.17, 15) is 9.65 Å². The lowest BCUT2D eigenvalue weighted by molar-refractivity contribution is 0.631. The van der Waals surface area contributed by atoms with Gasteiger partial charge in [-0.1, -0.05) is 39.7 Å². The number of hydrogen-bond acceptors (Lipinski definition) is 4. The molecule has 0 aliphatic carbocycles. The van der Waals surface area contributed by atoms with Gasteiger partial charge in [-0.2, -0.15) is 5.26 Å². The molecule has 0 amide bonds. The number of nitrogens with zero attached hydrogens (tertiary/aromatic N) is 2. The van der Waals surface area contributed by atoms with Crippen molar-refractivity contribution in [3.63, 3.8) is 0 Å². The SMILES string of the molecule is N#C/C(=C\Nc1ccc(Br)cc1F)c1nc(-c2ccc(Cl)cc2)cs1. The fraction of sp³-hybridized carbons (Fsp3) is 0. The zero-order chi connectivity index (χ0) is 17.8. The average molecular weight is 435 g/mol. The molecule has 25 heavy (non-hydrogen) atoms. The molecule has 0 radical (unpaired) electrons. The Kier molecular flexibility index (Phi) is 5.49. The van der Waals surface area contributed by atoms with E-state index in [0.29, 0.717) is 20.1 Å². The molecular formula is C18H10BrClFN3S. The molecular weight excluding hydrogens is 425 g/mol. The second kappa shape index (κ2) is 7.79. The Labute approximate surface area is 161 Å². The Morgan fingerprint density at radius 3 is 2.72 bits per heavy atom. The summed E-state index contributed by atoms with van der Waals surface area (Å²) in [4.78, 5) is 4.47. The van der Waals surface area contributed by atoms with E-state index in [1.807, 2.05) is 17.5 Å². The average Bonchev–Trinajstić information content (AvgIpc) is 3.07. The molecule has 0 unspecified atom stereocenters. The van der Waals surface area contributed by atoms with Crippen molar-refractivity contribution in [1.29, 1.82) is 5.26 Å². The van der Waals surface area contributed by atoms with Crippen LogP contribution in [0.2, 0.25) is 5.02 Å². The van der Waals surface area contributed by atoms with Crippen molar-refractivity contribution in [2.75, 3.05) is 5.32 Å². The molecule has 0 aliphatic heterocycles. The molecule has 2 aromatic carbocycles. The molecule has 3 nitrogen and oxygen atoms in total. The Bertz CT molecular complexity index is 977. The zero-order valence-electron chi connectivity index (χ0n) is 12.6. The van der Waals surface area contributed by atoms with E-state index in [2.05, 4.69) is 32.3 Å². The van der Waals surface area contributed by atoms with Crippen LogP contribution in [0.4, 0.5) is 10.1 Å². The topological polar surface area (TPSA) is 48.7 Å². The zero-order valence-corrected chi connectivity index (χ0v) is 15.8. The van der Waals surface area contributed by atoms with Crippen molar-refractivity contribution in [1.82, 2.24) is 4.98 Å². The van der Waals surface area contributed by atoms with E-state index in [1.54, 1.807) is 24.3 Å². The van der Waals surface area contributed by atoms with Gasteiger partial charge in [0.15, 0.2) is 0 Å². The maximum Gasteiger partial charge on any atom is 0.147 e. The molecule has 1 aromatic heterocycles. The predicted octanol–water partition coefficient (Wildman–Crippen LogP) is 6.34. The number of thiazole rings is 1. The van der Waals surface area contributed by atoms with Gasteiger partial charge in [0.25, 0.3) is 0 Å². The lowest BCUT2D eigenvalue weighted by atomic mass is 10.2. The van der Waals surface area contributed by atoms with Crippen LogP contribution in [0.15, 0.2) is 58.5 Å². The summed E-state index contributed by atoms with van der Waals surface area (Å²) in [5, 5.41) is 15.3. The van der Waals surface area contributed by atoms with Crippen molar-refractivity contribution in [3.8, 4) is 17.3 Å². The van der Waals surface area contributed by atoms with E-state index < -0.39 is 5.82 Å². The number of aromatic nitrogens is 1. The normalized spacial score (nSPS) is 11.2. The molecule has 1 heterocycles. The van der Waals surface area contributed by atoms with Crippen LogP contribution >= 0.6 is 38.9 Å². The highest BCUT2D eigenvalue weighted by Crippen LogP contribution is 2.27. The predicted molar refractivity (Wildman–Crippen MR) is 104 cm³/mol. The highest BCUT2D eigenvalue weighted by Gasteiger charge is 2.09. The van der Waals surface area contributed by atoms with Gasteiger partial charge in [-0.25, -0.2) is 9.37 Å². The monoisotopic (exact) mass is 433 g/mol. The molecule has 3 aromatic rings. The molecule has 1 N–H and O–H groups in total. The summed E-state index contributed by atoms with van der Waals surface area (Å²) < 4.78 is 14.5. The van der Waals surface area contributed by atoms with Crippen molar-refractivity contribution < 1.29 is 4.39 Å². The molecule has 7 heteroatoms. The molecule has 0 bridgehead atoms. The van der Waals surface area contributed by atoms with Gasteiger partial charge in [-0.15, -0.1) is 11.3 Å². The second-order valence-corrected chi connectivity index (χ2v) is 7.19. The van der Waals surface area contributed by atoms with Gasteiger partial charge in [0.1, 0.15) is 22.5 Å². The van der Waals surface area contributed by atoms with Gasteiger partial charge in [-0.05, 0) is 30.3 Å². The first-order valence-electron chi connectivity index (χ1n) is 7.10. The van der Waals surface area contributed by atoms with Crippen LogP contribution < -0.4 is 5.32 Å². The number of anilines is 1. The van der Waals surface area contributed by atoms with Crippen LogP contribution in [0.1, 0.15) is 5.01 Å². The first-order chi connectivity index (χ1) is 12.1. The van der Waals surface area contributed by atoms with Crippen molar-refractivity contribution >= 4 is 50.1 Å². The summed E-state index contributed by atoms with van der Waals surface area (Å²) in [5.41, 5.74) is 2.28. The van der Waals surface area contributed by atoms with Gasteiger partial charge in [-0.3, -0.25) is 0 Å². The summed E-state index contributed by atoms with van der Waals surface area (Å²) in [5.74, 6) is -0.413. The van der Waals surface area contributed by atoms with Crippen molar-refractivity contribution in [3.05, 3.63) is 74.4 Å². The quantitative estimate of drug-likeness (QED) is 0.487. The van der Waals surface area contributed by atoms with Crippen LogP contribution in [-0.2, 0) is 0 Å². The van der Waals surface area contributed by atoms with Gasteiger partial charge in [0.2, 0.25) is 0 Å². The standard InChI is InChI=1S/C18H10BrClFN3S/c19-13-3-6-16(15(21)7-13)23-9-12(8-22)18-24-17(10-25-18)11-1-4-14(20)5-2-11/h1-7,9-10,23H/b12-9+. The molecule has 0 atom stereocenters. The Morgan fingerprint density at radius 2 is 2.04 bits per heavy atom. The summed E-state index contributed by atoms with van der Waals surface area (Å²) in [6, 6.07) is 14.1. The number of rotatable bonds is 4. The number of halogens is 3. The highest BCUT2D eigenvalue weighted by atomic mass is 79.9. The summed E-state index contributed by atoms with van der Waals surface area (Å²) in [6.07, 6.45) is 1.46. The minimum atomic E-state index is -0.413. The maximum absolute atomic E-state index is 13.8. The fourth-order valence-corrected chi connectivity index (χ4v) is 3.30. The second-order valence-electron chi connectivity index (χ2n) is 4.98. The first-order valence-corrected chi connectivity index (χ1v) is 9.15. The Morgan fingerprint density at radius 1 is 1.28 bits per heavy atom. The van der Waals surface area contributed by atoms with E-state index in [0.717, 1.165) is 11.3 Å². The summed E-state index contributed by atoms with van der Waals surface area (Å²) >= 11 is 10.4. The molecule has 0 aliphatic rings. The van der Waals surface area contributed by atoms with Gasteiger partial charge in [0, 0.05) is 26.6 Å². The van der Waals surface area contributed by atoms with Crippen LogP contribution in [0.25, 0.3) is 16.8 Å². The van der Waals surface area contributed by atoms with E-state index in [1.165, 1.54) is 23.6 Å². The maximum atomic E-state index is 13.8.